The monoisotopic (exact) mass is 450 g/mol. The molecule has 4 rings (SSSR count). The predicted molar refractivity (Wildman–Crippen MR) is 123 cm³/mol. The fourth-order valence-corrected chi connectivity index (χ4v) is 5.17. The third-order valence-electron chi connectivity index (χ3n) is 5.54. The van der Waals surface area contributed by atoms with Gasteiger partial charge in [0.05, 0.1) is 31.5 Å². The Morgan fingerprint density at radius 3 is 2.19 bits per heavy atom. The van der Waals surface area contributed by atoms with Gasteiger partial charge in [-0.05, 0) is 30.5 Å². The van der Waals surface area contributed by atoms with E-state index in [1.54, 1.807) is 0 Å². The molecule has 166 valence electrons. The second-order valence-corrected chi connectivity index (χ2v) is 8.67. The van der Waals surface area contributed by atoms with Gasteiger partial charge < -0.3 is 14.0 Å². The highest BCUT2D eigenvalue weighted by Gasteiger charge is 2.34. The lowest BCUT2D eigenvalue weighted by Crippen LogP contribution is -2.26. The Morgan fingerprint density at radius 1 is 0.906 bits per heavy atom. The van der Waals surface area contributed by atoms with Gasteiger partial charge in [-0.2, -0.15) is 0 Å². The number of benzene rings is 2. The van der Waals surface area contributed by atoms with Crippen molar-refractivity contribution in [1.29, 1.82) is 0 Å². The molecule has 1 aliphatic rings. The number of rotatable bonds is 6. The zero-order valence-electron chi connectivity index (χ0n) is 18.2. The molecule has 0 radical (unpaired) electrons. The maximum Gasteiger partial charge on any atom is 0.341 e. The van der Waals surface area contributed by atoms with Crippen molar-refractivity contribution in [3.8, 4) is 0 Å². The molecular weight excluding hydrogens is 424 g/mol. The maximum atomic E-state index is 12.9. The van der Waals surface area contributed by atoms with E-state index in [1.807, 2.05) is 48.5 Å². The molecule has 0 aliphatic carbocycles. The standard InChI is InChI=1S/C25H26N2O4S/c1-30-24(28)21-20-14-9-15-26(16-18-10-5-3-6-11-18)17-27(20)23(22(21)25(29)31-2)32-19-12-7-4-8-13-19/h3-8,10-13H,9,14-17H2,1-2H3. The van der Waals surface area contributed by atoms with Crippen LogP contribution >= 0.6 is 11.8 Å². The number of hydrogen-bond donors (Lipinski definition) is 0. The summed E-state index contributed by atoms with van der Waals surface area (Å²) in [6, 6.07) is 20.1. The lowest BCUT2D eigenvalue weighted by Gasteiger charge is -2.22. The van der Waals surface area contributed by atoms with E-state index < -0.39 is 11.9 Å². The van der Waals surface area contributed by atoms with Gasteiger partial charge >= 0.3 is 11.9 Å². The number of aromatic nitrogens is 1. The topological polar surface area (TPSA) is 60.8 Å². The van der Waals surface area contributed by atoms with E-state index in [0.29, 0.717) is 23.7 Å². The average molecular weight is 451 g/mol. The first-order valence-corrected chi connectivity index (χ1v) is 11.3. The zero-order valence-corrected chi connectivity index (χ0v) is 19.1. The largest absolute Gasteiger partial charge is 0.465 e. The molecule has 2 heterocycles. The first-order valence-electron chi connectivity index (χ1n) is 10.5. The quantitative estimate of drug-likeness (QED) is 0.511. The summed E-state index contributed by atoms with van der Waals surface area (Å²) in [7, 11) is 2.68. The number of ether oxygens (including phenoxy) is 2. The lowest BCUT2D eigenvalue weighted by atomic mass is 10.1. The van der Waals surface area contributed by atoms with Crippen LogP contribution in [-0.4, -0.2) is 42.2 Å². The Hall–Kier alpha value is -3.03. The maximum absolute atomic E-state index is 12.9. The van der Waals surface area contributed by atoms with Crippen LogP contribution < -0.4 is 0 Å². The Labute approximate surface area is 192 Å². The van der Waals surface area contributed by atoms with Crippen LogP contribution in [0.5, 0.6) is 0 Å². The van der Waals surface area contributed by atoms with Crippen LogP contribution in [0.15, 0.2) is 70.6 Å². The number of esters is 2. The summed E-state index contributed by atoms with van der Waals surface area (Å²) in [5.74, 6) is -1.04. The van der Waals surface area contributed by atoms with Crippen LogP contribution in [0, 0.1) is 0 Å². The summed E-state index contributed by atoms with van der Waals surface area (Å²) in [4.78, 5) is 29.0. The number of nitrogens with zero attached hydrogens (tertiary/aromatic N) is 2. The highest BCUT2D eigenvalue weighted by Crippen LogP contribution is 2.38. The van der Waals surface area contributed by atoms with E-state index in [0.717, 1.165) is 30.1 Å². The minimum atomic E-state index is -0.529. The van der Waals surface area contributed by atoms with Crippen molar-refractivity contribution in [1.82, 2.24) is 9.47 Å². The van der Waals surface area contributed by atoms with E-state index in [4.69, 9.17) is 9.47 Å². The molecule has 32 heavy (non-hydrogen) atoms. The number of fused-ring (bicyclic) bond motifs is 1. The molecule has 0 atom stereocenters. The van der Waals surface area contributed by atoms with E-state index in [2.05, 4.69) is 21.6 Å². The van der Waals surface area contributed by atoms with Gasteiger partial charge in [0.1, 0.15) is 5.56 Å². The van der Waals surface area contributed by atoms with Crippen molar-refractivity contribution in [2.45, 2.75) is 36.0 Å². The van der Waals surface area contributed by atoms with E-state index in [-0.39, 0.29) is 5.56 Å². The highest BCUT2D eigenvalue weighted by atomic mass is 32.2. The molecule has 0 unspecified atom stereocenters. The molecule has 0 amide bonds. The molecule has 3 aromatic rings. The minimum absolute atomic E-state index is 0.282. The average Bonchev–Trinajstić information content (AvgIpc) is 2.97. The van der Waals surface area contributed by atoms with Gasteiger partial charge in [0.2, 0.25) is 0 Å². The van der Waals surface area contributed by atoms with Crippen molar-refractivity contribution in [2.75, 3.05) is 20.8 Å². The molecule has 0 N–H and O–H groups in total. The smallest absolute Gasteiger partial charge is 0.341 e. The molecule has 0 spiro atoms. The van der Waals surface area contributed by atoms with Gasteiger partial charge in [-0.15, -0.1) is 0 Å². The fourth-order valence-electron chi connectivity index (χ4n) is 4.08. The summed E-state index contributed by atoms with van der Waals surface area (Å²) in [5, 5.41) is 0.707. The Balaban J connectivity index is 1.82. The van der Waals surface area contributed by atoms with Crippen molar-refractivity contribution < 1.29 is 19.1 Å². The summed E-state index contributed by atoms with van der Waals surface area (Å²) in [6.07, 6.45) is 1.55. The number of carbonyl (C=O) groups excluding carboxylic acids is 2. The third-order valence-corrected chi connectivity index (χ3v) is 6.66. The predicted octanol–water partition coefficient (Wildman–Crippen LogP) is 4.62. The molecule has 0 saturated carbocycles. The lowest BCUT2D eigenvalue weighted by molar-refractivity contribution is 0.0553. The van der Waals surface area contributed by atoms with Crippen molar-refractivity contribution in [2.24, 2.45) is 0 Å². The second kappa shape index (κ2) is 10.1. The van der Waals surface area contributed by atoms with Gasteiger partial charge in [-0.25, -0.2) is 9.59 Å². The van der Waals surface area contributed by atoms with Gasteiger partial charge in [0.15, 0.2) is 0 Å². The minimum Gasteiger partial charge on any atom is -0.465 e. The van der Waals surface area contributed by atoms with Crippen LogP contribution in [-0.2, 0) is 29.1 Å². The van der Waals surface area contributed by atoms with Crippen LogP contribution in [0.2, 0.25) is 0 Å². The van der Waals surface area contributed by atoms with Gasteiger partial charge in [-0.3, -0.25) is 4.90 Å². The first-order chi connectivity index (χ1) is 15.6. The molecule has 6 nitrogen and oxygen atoms in total. The van der Waals surface area contributed by atoms with Crippen molar-refractivity contribution in [3.05, 3.63) is 83.0 Å². The van der Waals surface area contributed by atoms with Gasteiger partial charge in [0.25, 0.3) is 0 Å². The van der Waals surface area contributed by atoms with Crippen LogP contribution in [0.3, 0.4) is 0 Å². The number of hydrogen-bond acceptors (Lipinski definition) is 6. The van der Waals surface area contributed by atoms with Crippen molar-refractivity contribution >= 4 is 23.7 Å². The molecule has 7 heteroatoms. The van der Waals surface area contributed by atoms with E-state index in [9.17, 15) is 9.59 Å². The fraction of sp³-hybridized carbons (Fsp3) is 0.280. The highest BCUT2D eigenvalue weighted by molar-refractivity contribution is 7.99. The molecule has 1 aromatic heterocycles. The summed E-state index contributed by atoms with van der Waals surface area (Å²) >= 11 is 1.47. The van der Waals surface area contributed by atoms with E-state index >= 15 is 0 Å². The number of methoxy groups -OCH3 is 2. The Bertz CT molecular complexity index is 1100. The van der Waals surface area contributed by atoms with Crippen LogP contribution in [0.1, 0.15) is 38.4 Å². The second-order valence-electron chi connectivity index (χ2n) is 7.61. The van der Waals surface area contributed by atoms with E-state index in [1.165, 1.54) is 31.5 Å². The first kappa shape index (κ1) is 22.2. The molecule has 2 aromatic carbocycles. The van der Waals surface area contributed by atoms with Gasteiger partial charge in [-0.1, -0.05) is 60.3 Å². The molecule has 1 aliphatic heterocycles. The molecule has 0 bridgehead atoms. The Kier molecular flexibility index (Phi) is 6.97. The van der Waals surface area contributed by atoms with Crippen molar-refractivity contribution in [3.63, 3.8) is 0 Å². The molecular formula is C25H26N2O4S. The van der Waals surface area contributed by atoms with Gasteiger partial charge in [0, 0.05) is 23.7 Å². The normalized spacial score (nSPS) is 13.8. The zero-order chi connectivity index (χ0) is 22.5. The van der Waals surface area contributed by atoms with Crippen LogP contribution in [0.25, 0.3) is 0 Å². The summed E-state index contributed by atoms with van der Waals surface area (Å²) in [6.45, 7) is 2.25. The third kappa shape index (κ3) is 4.59. The SMILES string of the molecule is COC(=O)c1c(C(=O)OC)c(Sc2ccccc2)n2c1CCCN(Cc1ccccc1)C2. The van der Waals surface area contributed by atoms with Crippen LogP contribution in [0.4, 0.5) is 0 Å². The summed E-state index contributed by atoms with van der Waals surface area (Å²) in [5.41, 5.74) is 2.65. The number of carbonyl (C=O) groups is 2. The Morgan fingerprint density at radius 2 is 1.53 bits per heavy atom. The summed E-state index contributed by atoms with van der Waals surface area (Å²) < 4.78 is 12.3. The molecule has 0 saturated heterocycles. The molecule has 0 fully saturated rings.